The Kier molecular flexibility index (Phi) is 4.95. The van der Waals surface area contributed by atoms with Gasteiger partial charge in [-0.15, -0.1) is 0 Å². The molecule has 0 saturated heterocycles. The van der Waals surface area contributed by atoms with Gasteiger partial charge in [0.05, 0.1) is 0 Å². The van der Waals surface area contributed by atoms with Crippen LogP contribution in [0.2, 0.25) is 0 Å². The van der Waals surface area contributed by atoms with Crippen LogP contribution >= 0.6 is 0 Å². The van der Waals surface area contributed by atoms with Crippen molar-refractivity contribution in [2.75, 3.05) is 5.32 Å². The molecule has 0 unspecified atom stereocenters. The predicted octanol–water partition coefficient (Wildman–Crippen LogP) is 3.51. The molecule has 5 nitrogen and oxygen atoms in total. The second-order valence-electron chi connectivity index (χ2n) is 5.67. The second-order valence-corrected chi connectivity index (χ2v) is 5.67. The van der Waals surface area contributed by atoms with E-state index in [9.17, 15) is 9.59 Å². The summed E-state index contributed by atoms with van der Waals surface area (Å²) < 4.78 is 5.71. The van der Waals surface area contributed by atoms with E-state index in [-0.39, 0.29) is 11.5 Å². The first-order chi connectivity index (χ1) is 12.1. The maximum absolute atomic E-state index is 12.2. The van der Waals surface area contributed by atoms with E-state index in [2.05, 4.69) is 10.3 Å². The minimum absolute atomic E-state index is 0.296. The summed E-state index contributed by atoms with van der Waals surface area (Å²) in [6.45, 7) is 2.22. The van der Waals surface area contributed by atoms with E-state index >= 15 is 0 Å². The van der Waals surface area contributed by atoms with E-state index in [0.29, 0.717) is 29.3 Å². The first kappa shape index (κ1) is 16.5. The van der Waals surface area contributed by atoms with Gasteiger partial charge in [0.2, 0.25) is 5.56 Å². The molecule has 3 aromatic rings. The number of nitrogens with one attached hydrogen (secondary N) is 2. The van der Waals surface area contributed by atoms with Crippen LogP contribution in [0.4, 0.5) is 5.69 Å². The molecular weight excluding hydrogens is 316 g/mol. The highest BCUT2D eigenvalue weighted by Crippen LogP contribution is 2.17. The second kappa shape index (κ2) is 7.49. The van der Waals surface area contributed by atoms with Gasteiger partial charge >= 0.3 is 0 Å². The summed E-state index contributed by atoms with van der Waals surface area (Å²) in [7, 11) is 0. The first-order valence-corrected chi connectivity index (χ1v) is 7.89. The van der Waals surface area contributed by atoms with Crippen molar-refractivity contribution in [2.24, 2.45) is 0 Å². The number of carbonyl (C=O) groups excluding carboxylic acids is 1. The number of carbonyl (C=O) groups is 1. The number of aromatic nitrogens is 1. The molecule has 0 bridgehead atoms. The van der Waals surface area contributed by atoms with Crippen LogP contribution in [0.3, 0.4) is 0 Å². The Bertz CT molecular complexity index is 916. The topological polar surface area (TPSA) is 71.2 Å². The third kappa shape index (κ3) is 4.57. The Hall–Kier alpha value is -3.34. The van der Waals surface area contributed by atoms with Gasteiger partial charge in [0, 0.05) is 23.0 Å². The Morgan fingerprint density at radius 1 is 1.04 bits per heavy atom. The van der Waals surface area contributed by atoms with Crippen molar-refractivity contribution >= 4 is 11.6 Å². The summed E-state index contributed by atoms with van der Waals surface area (Å²) in [5.41, 5.74) is 2.39. The molecule has 0 aliphatic carbocycles. The standard InChI is InChI=1S/C20H18N2O3/c1-14-11-16(12-19(23)21-14)20(24)22-17-7-9-18(10-8-17)25-13-15-5-3-2-4-6-15/h2-12H,13H2,1H3,(H,21,23)(H,22,24). The summed E-state index contributed by atoms with van der Waals surface area (Å²) in [6.07, 6.45) is 0. The van der Waals surface area contributed by atoms with Crippen molar-refractivity contribution in [2.45, 2.75) is 13.5 Å². The van der Waals surface area contributed by atoms with E-state index in [0.717, 1.165) is 5.56 Å². The molecule has 25 heavy (non-hydrogen) atoms. The van der Waals surface area contributed by atoms with Crippen molar-refractivity contribution in [3.05, 3.63) is 93.9 Å². The van der Waals surface area contributed by atoms with Gasteiger partial charge in [0.25, 0.3) is 5.91 Å². The minimum Gasteiger partial charge on any atom is -0.489 e. The fourth-order valence-electron chi connectivity index (χ4n) is 2.39. The van der Waals surface area contributed by atoms with Gasteiger partial charge in [-0.25, -0.2) is 0 Å². The smallest absolute Gasteiger partial charge is 0.255 e. The fraction of sp³-hybridized carbons (Fsp3) is 0.100. The molecule has 2 N–H and O–H groups in total. The van der Waals surface area contributed by atoms with Crippen LogP contribution in [0.25, 0.3) is 0 Å². The molecule has 0 atom stereocenters. The summed E-state index contributed by atoms with van der Waals surface area (Å²) >= 11 is 0. The SMILES string of the molecule is Cc1cc(C(=O)Nc2ccc(OCc3ccccc3)cc2)cc(=O)[nH]1. The fourth-order valence-corrected chi connectivity index (χ4v) is 2.39. The number of pyridine rings is 1. The highest BCUT2D eigenvalue weighted by Gasteiger charge is 2.08. The molecule has 0 spiro atoms. The zero-order valence-corrected chi connectivity index (χ0v) is 13.8. The van der Waals surface area contributed by atoms with Crippen LogP contribution in [-0.4, -0.2) is 10.9 Å². The van der Waals surface area contributed by atoms with Crippen LogP contribution < -0.4 is 15.6 Å². The number of aromatic amines is 1. The molecule has 2 aromatic carbocycles. The summed E-state index contributed by atoms with van der Waals surface area (Å²) in [6, 6.07) is 19.9. The molecule has 126 valence electrons. The number of H-pyrrole nitrogens is 1. The van der Waals surface area contributed by atoms with Gasteiger partial charge in [-0.2, -0.15) is 0 Å². The molecule has 0 aliphatic rings. The van der Waals surface area contributed by atoms with Crippen molar-refractivity contribution in [3.63, 3.8) is 0 Å². The van der Waals surface area contributed by atoms with Crippen molar-refractivity contribution < 1.29 is 9.53 Å². The van der Waals surface area contributed by atoms with E-state index in [1.165, 1.54) is 6.07 Å². The lowest BCUT2D eigenvalue weighted by Gasteiger charge is -2.09. The normalized spacial score (nSPS) is 10.3. The average molecular weight is 334 g/mol. The van der Waals surface area contributed by atoms with Gasteiger partial charge < -0.3 is 15.0 Å². The number of benzene rings is 2. The molecule has 1 aromatic heterocycles. The van der Waals surface area contributed by atoms with Crippen molar-refractivity contribution in [3.8, 4) is 5.75 Å². The molecule has 0 radical (unpaired) electrons. The number of aryl methyl sites for hydroxylation is 1. The van der Waals surface area contributed by atoms with Crippen molar-refractivity contribution in [1.82, 2.24) is 4.98 Å². The maximum atomic E-state index is 12.2. The number of anilines is 1. The maximum Gasteiger partial charge on any atom is 0.255 e. The molecule has 5 heteroatoms. The predicted molar refractivity (Wildman–Crippen MR) is 97.0 cm³/mol. The Morgan fingerprint density at radius 3 is 2.44 bits per heavy atom. The van der Waals surface area contributed by atoms with Gasteiger partial charge in [0.15, 0.2) is 0 Å². The van der Waals surface area contributed by atoms with Crippen LogP contribution in [-0.2, 0) is 6.61 Å². The van der Waals surface area contributed by atoms with E-state index in [1.54, 1.807) is 37.3 Å². The molecule has 1 heterocycles. The zero-order chi connectivity index (χ0) is 17.6. The quantitative estimate of drug-likeness (QED) is 0.750. The number of hydrogen-bond acceptors (Lipinski definition) is 3. The lowest BCUT2D eigenvalue weighted by atomic mass is 10.2. The number of amides is 1. The largest absolute Gasteiger partial charge is 0.489 e. The van der Waals surface area contributed by atoms with Crippen molar-refractivity contribution in [1.29, 1.82) is 0 Å². The first-order valence-electron chi connectivity index (χ1n) is 7.89. The van der Waals surface area contributed by atoms with Gasteiger partial charge in [-0.05, 0) is 42.8 Å². The minimum atomic E-state index is -0.327. The summed E-state index contributed by atoms with van der Waals surface area (Å²) in [4.78, 5) is 26.3. The Morgan fingerprint density at radius 2 is 1.76 bits per heavy atom. The van der Waals surface area contributed by atoms with Crippen LogP contribution in [0, 0.1) is 6.92 Å². The van der Waals surface area contributed by atoms with Gasteiger partial charge in [-0.1, -0.05) is 30.3 Å². The molecule has 0 fully saturated rings. The number of hydrogen-bond donors (Lipinski definition) is 2. The molecule has 3 rings (SSSR count). The average Bonchev–Trinajstić information content (AvgIpc) is 2.61. The molecule has 0 aliphatic heterocycles. The lowest BCUT2D eigenvalue weighted by molar-refractivity contribution is 0.102. The Labute approximate surface area is 145 Å². The molecule has 0 saturated carbocycles. The van der Waals surface area contributed by atoms with Crippen LogP contribution in [0.5, 0.6) is 5.75 Å². The summed E-state index contributed by atoms with van der Waals surface area (Å²) in [5.74, 6) is 0.390. The van der Waals surface area contributed by atoms with E-state index in [1.807, 2.05) is 30.3 Å². The highest BCUT2D eigenvalue weighted by atomic mass is 16.5. The zero-order valence-electron chi connectivity index (χ0n) is 13.8. The molecule has 1 amide bonds. The van der Waals surface area contributed by atoms with Crippen LogP contribution in [0.1, 0.15) is 21.6 Å². The van der Waals surface area contributed by atoms with Gasteiger partial charge in [0.1, 0.15) is 12.4 Å². The third-order valence-electron chi connectivity index (χ3n) is 3.60. The summed E-state index contributed by atoms with van der Waals surface area (Å²) in [5, 5.41) is 2.77. The van der Waals surface area contributed by atoms with E-state index < -0.39 is 0 Å². The lowest BCUT2D eigenvalue weighted by Crippen LogP contribution is -2.16. The Balaban J connectivity index is 1.62. The monoisotopic (exact) mass is 334 g/mol. The third-order valence-corrected chi connectivity index (χ3v) is 3.60. The highest BCUT2D eigenvalue weighted by molar-refractivity contribution is 6.04. The number of rotatable bonds is 5. The van der Waals surface area contributed by atoms with E-state index in [4.69, 9.17) is 4.74 Å². The molecular formula is C20H18N2O3. The number of ether oxygens (including phenoxy) is 1. The van der Waals surface area contributed by atoms with Crippen LogP contribution in [0.15, 0.2) is 71.5 Å². The van der Waals surface area contributed by atoms with Gasteiger partial charge in [-0.3, -0.25) is 9.59 Å².